The Balaban J connectivity index is 2.61. The number of halogens is 1. The highest BCUT2D eigenvalue weighted by Crippen LogP contribution is 2.26. The van der Waals surface area contributed by atoms with Crippen LogP contribution in [-0.4, -0.2) is 33.8 Å². The van der Waals surface area contributed by atoms with Gasteiger partial charge in [-0.25, -0.2) is 4.79 Å². The minimum atomic E-state index is -1.07. The van der Waals surface area contributed by atoms with E-state index in [2.05, 4.69) is 10.3 Å². The zero-order valence-corrected chi connectivity index (χ0v) is 10.6. The van der Waals surface area contributed by atoms with Gasteiger partial charge in [0.05, 0.1) is 5.02 Å². The number of hydrogen-bond acceptors (Lipinski definition) is 4. The number of hydrogen-bond donors (Lipinski definition) is 2. The van der Waals surface area contributed by atoms with Gasteiger partial charge in [-0.15, -0.1) is 11.8 Å². The standard InChI is InChI=1S/C10H11ClN2O3S/c1-6(14)13-8(10(15)16)5-17-9-2-3-12-4-7(9)11/h2-4,8H,5H2,1H3,(H,13,14)(H,15,16)/t8-/m0/s1. The summed E-state index contributed by atoms with van der Waals surface area (Å²) in [5.41, 5.74) is 0. The molecule has 92 valence electrons. The van der Waals surface area contributed by atoms with E-state index < -0.39 is 12.0 Å². The van der Waals surface area contributed by atoms with Crippen LogP contribution in [0.1, 0.15) is 6.92 Å². The quantitative estimate of drug-likeness (QED) is 0.794. The molecule has 0 aliphatic rings. The number of rotatable bonds is 5. The summed E-state index contributed by atoms with van der Waals surface area (Å²) in [6.45, 7) is 1.28. The number of carboxylic acids is 1. The molecule has 0 saturated heterocycles. The van der Waals surface area contributed by atoms with Crippen LogP contribution >= 0.6 is 23.4 Å². The van der Waals surface area contributed by atoms with Crippen LogP contribution in [0.25, 0.3) is 0 Å². The predicted molar refractivity (Wildman–Crippen MR) is 65.2 cm³/mol. The average molecular weight is 275 g/mol. The van der Waals surface area contributed by atoms with Crippen LogP contribution in [0.3, 0.4) is 0 Å². The Kier molecular flexibility index (Phi) is 5.24. The molecule has 1 aromatic heterocycles. The van der Waals surface area contributed by atoms with E-state index in [1.165, 1.54) is 24.9 Å². The van der Waals surface area contributed by atoms with Crippen molar-refractivity contribution in [2.75, 3.05) is 5.75 Å². The first kappa shape index (κ1) is 13.8. The number of aromatic nitrogens is 1. The fourth-order valence-corrected chi connectivity index (χ4v) is 2.28. The van der Waals surface area contributed by atoms with Gasteiger partial charge in [0.1, 0.15) is 6.04 Å². The Morgan fingerprint density at radius 1 is 1.65 bits per heavy atom. The molecule has 1 amide bonds. The van der Waals surface area contributed by atoms with Gasteiger partial charge in [0, 0.05) is 30.0 Å². The number of thioether (sulfide) groups is 1. The smallest absolute Gasteiger partial charge is 0.327 e. The van der Waals surface area contributed by atoms with Crippen molar-refractivity contribution >= 4 is 35.2 Å². The molecule has 0 saturated carbocycles. The van der Waals surface area contributed by atoms with Crippen molar-refractivity contribution in [1.29, 1.82) is 0 Å². The molecule has 17 heavy (non-hydrogen) atoms. The molecule has 0 aliphatic carbocycles. The Labute approximate surface area is 108 Å². The number of pyridine rings is 1. The minimum absolute atomic E-state index is 0.207. The molecule has 2 N–H and O–H groups in total. The van der Waals surface area contributed by atoms with Crippen molar-refractivity contribution in [3.05, 3.63) is 23.5 Å². The summed E-state index contributed by atoms with van der Waals surface area (Å²) in [6.07, 6.45) is 3.06. The van der Waals surface area contributed by atoms with Gasteiger partial charge in [0.15, 0.2) is 0 Å². The first-order valence-corrected chi connectivity index (χ1v) is 6.09. The maximum absolute atomic E-state index is 10.9. The summed E-state index contributed by atoms with van der Waals surface area (Å²) in [7, 11) is 0. The summed E-state index contributed by atoms with van der Waals surface area (Å²) in [5, 5.41) is 11.7. The molecule has 0 unspecified atom stereocenters. The molecule has 7 heteroatoms. The van der Waals surface area contributed by atoms with E-state index in [0.717, 1.165) is 4.90 Å². The van der Waals surface area contributed by atoms with Crippen molar-refractivity contribution in [2.24, 2.45) is 0 Å². The maximum atomic E-state index is 10.9. The SMILES string of the molecule is CC(=O)N[C@@H](CSc1ccncc1Cl)C(=O)O. The largest absolute Gasteiger partial charge is 0.480 e. The van der Waals surface area contributed by atoms with Crippen molar-refractivity contribution in [3.8, 4) is 0 Å². The van der Waals surface area contributed by atoms with Crippen LogP contribution in [0, 0.1) is 0 Å². The van der Waals surface area contributed by atoms with Crippen molar-refractivity contribution in [1.82, 2.24) is 10.3 Å². The summed E-state index contributed by atoms with van der Waals surface area (Å²) in [5.74, 6) is -1.24. The molecule has 1 atom stereocenters. The first-order valence-electron chi connectivity index (χ1n) is 4.73. The molecule has 0 aliphatic heterocycles. The highest BCUT2D eigenvalue weighted by Gasteiger charge is 2.18. The average Bonchev–Trinajstić information content (AvgIpc) is 2.25. The molecule has 0 spiro atoms. The van der Waals surface area contributed by atoms with Crippen molar-refractivity contribution in [2.45, 2.75) is 17.9 Å². The van der Waals surface area contributed by atoms with Crippen LogP contribution in [0.5, 0.6) is 0 Å². The molecule has 0 aromatic carbocycles. The van der Waals surface area contributed by atoms with E-state index in [9.17, 15) is 9.59 Å². The van der Waals surface area contributed by atoms with Gasteiger partial charge in [0.2, 0.25) is 5.91 Å². The molecule has 0 fully saturated rings. The number of carbonyl (C=O) groups excluding carboxylic acids is 1. The van der Waals surface area contributed by atoms with Gasteiger partial charge < -0.3 is 10.4 Å². The lowest BCUT2D eigenvalue weighted by Crippen LogP contribution is -2.41. The van der Waals surface area contributed by atoms with Crippen LogP contribution < -0.4 is 5.32 Å². The molecule has 1 heterocycles. The van der Waals surface area contributed by atoms with E-state index in [1.807, 2.05) is 0 Å². The lowest BCUT2D eigenvalue weighted by Gasteiger charge is -2.12. The maximum Gasteiger partial charge on any atom is 0.327 e. The fourth-order valence-electron chi connectivity index (χ4n) is 1.07. The third-order valence-electron chi connectivity index (χ3n) is 1.82. The van der Waals surface area contributed by atoms with Crippen LogP contribution in [0.4, 0.5) is 0 Å². The number of nitrogens with zero attached hydrogens (tertiary/aromatic N) is 1. The second-order valence-electron chi connectivity index (χ2n) is 3.21. The number of carbonyl (C=O) groups is 2. The zero-order chi connectivity index (χ0) is 12.8. The monoisotopic (exact) mass is 274 g/mol. The van der Waals surface area contributed by atoms with Gasteiger partial charge in [-0.3, -0.25) is 9.78 Å². The molecule has 0 bridgehead atoms. The first-order chi connectivity index (χ1) is 8.00. The highest BCUT2D eigenvalue weighted by molar-refractivity contribution is 7.99. The second-order valence-corrected chi connectivity index (χ2v) is 4.68. The van der Waals surface area contributed by atoms with E-state index in [4.69, 9.17) is 16.7 Å². The third kappa shape index (κ3) is 4.62. The number of nitrogens with one attached hydrogen (secondary N) is 1. The van der Waals surface area contributed by atoms with Crippen molar-refractivity contribution in [3.63, 3.8) is 0 Å². The summed E-state index contributed by atoms with van der Waals surface area (Å²) < 4.78 is 0. The van der Waals surface area contributed by atoms with Crippen LogP contribution in [-0.2, 0) is 9.59 Å². The Bertz CT molecular complexity index is 428. The summed E-state index contributed by atoms with van der Waals surface area (Å²) in [4.78, 5) is 26.2. The predicted octanol–water partition coefficient (Wildman–Crippen LogP) is 1.42. The molecule has 0 radical (unpaired) electrons. The number of carboxylic acid groups (broad SMARTS) is 1. The molecule has 5 nitrogen and oxygen atoms in total. The molecular formula is C10H11ClN2O3S. The van der Waals surface area contributed by atoms with Gasteiger partial charge >= 0.3 is 5.97 Å². The van der Waals surface area contributed by atoms with Crippen molar-refractivity contribution < 1.29 is 14.7 Å². The lowest BCUT2D eigenvalue weighted by molar-refractivity contribution is -0.140. The molecular weight excluding hydrogens is 264 g/mol. The van der Waals surface area contributed by atoms with E-state index in [0.29, 0.717) is 5.02 Å². The van der Waals surface area contributed by atoms with E-state index >= 15 is 0 Å². The lowest BCUT2D eigenvalue weighted by atomic mass is 10.3. The topological polar surface area (TPSA) is 79.3 Å². The summed E-state index contributed by atoms with van der Waals surface area (Å²) >= 11 is 7.13. The zero-order valence-electron chi connectivity index (χ0n) is 9.01. The van der Waals surface area contributed by atoms with E-state index in [1.54, 1.807) is 12.3 Å². The van der Waals surface area contributed by atoms with Crippen LogP contribution in [0.15, 0.2) is 23.4 Å². The minimum Gasteiger partial charge on any atom is -0.480 e. The Morgan fingerprint density at radius 2 is 2.35 bits per heavy atom. The highest BCUT2D eigenvalue weighted by atomic mass is 35.5. The van der Waals surface area contributed by atoms with Gasteiger partial charge in [-0.1, -0.05) is 11.6 Å². The fraction of sp³-hybridized carbons (Fsp3) is 0.300. The molecule has 1 rings (SSSR count). The normalized spacial score (nSPS) is 11.9. The molecule has 1 aromatic rings. The third-order valence-corrected chi connectivity index (χ3v) is 3.40. The van der Waals surface area contributed by atoms with Crippen LogP contribution in [0.2, 0.25) is 5.02 Å². The second kappa shape index (κ2) is 6.46. The number of amides is 1. The Morgan fingerprint density at radius 3 is 2.88 bits per heavy atom. The van der Waals surface area contributed by atoms with Gasteiger partial charge in [0.25, 0.3) is 0 Å². The summed E-state index contributed by atoms with van der Waals surface area (Å²) in [6, 6.07) is 0.765. The van der Waals surface area contributed by atoms with E-state index in [-0.39, 0.29) is 11.7 Å². The number of aliphatic carboxylic acids is 1. The Hall–Kier alpha value is -1.27. The van der Waals surface area contributed by atoms with Gasteiger partial charge in [-0.2, -0.15) is 0 Å². The van der Waals surface area contributed by atoms with Gasteiger partial charge in [-0.05, 0) is 6.07 Å².